The molecule has 4 heterocycles. The van der Waals surface area contributed by atoms with Gasteiger partial charge in [0.1, 0.15) is 33.8 Å². The lowest BCUT2D eigenvalue weighted by atomic mass is 9.84. The van der Waals surface area contributed by atoms with Gasteiger partial charge in [0.15, 0.2) is 0 Å². The first-order valence-electron chi connectivity index (χ1n) is 15.8. The minimum atomic E-state index is -1.27. The van der Waals surface area contributed by atoms with E-state index in [-0.39, 0.29) is 35.9 Å². The van der Waals surface area contributed by atoms with Gasteiger partial charge in [-0.05, 0) is 89.1 Å². The maximum absolute atomic E-state index is 13.1. The summed E-state index contributed by atoms with van der Waals surface area (Å²) in [5.41, 5.74) is 1.48. The molecule has 1 saturated carbocycles. The van der Waals surface area contributed by atoms with E-state index in [1.54, 1.807) is 18.3 Å². The van der Waals surface area contributed by atoms with Crippen molar-refractivity contribution in [2.75, 3.05) is 18.4 Å². The standard InChI is InChI=1S/C34H43N5O5S/c1-8-26(38-45(42)33(3,4)5)22-11-13-27(43-21-17-39(18-21)31(40)20-9-10-20)25-16-35-29(15-24(22)25)36-28-14-12-23-30(37-28)19(2)34(6,7)44-32(23)41/h11-16,19-21,26,38H,8-10,17-18H2,1-7H3,(H,35,36,37)/t19-,26+,45?/m1/s1. The summed E-state index contributed by atoms with van der Waals surface area (Å²) >= 11 is -1.27. The molecular formula is C34H43N5O5S. The molecule has 45 heavy (non-hydrogen) atoms. The van der Waals surface area contributed by atoms with E-state index in [9.17, 15) is 14.1 Å². The van der Waals surface area contributed by atoms with Gasteiger partial charge in [-0.3, -0.25) is 4.79 Å². The van der Waals surface area contributed by atoms with Gasteiger partial charge in [-0.15, -0.1) is 4.72 Å². The highest BCUT2D eigenvalue weighted by Crippen LogP contribution is 2.39. The van der Waals surface area contributed by atoms with E-state index in [0.717, 1.165) is 35.6 Å². The number of rotatable bonds is 9. The van der Waals surface area contributed by atoms with E-state index >= 15 is 0 Å². The van der Waals surface area contributed by atoms with Gasteiger partial charge in [0, 0.05) is 34.8 Å². The summed E-state index contributed by atoms with van der Waals surface area (Å²) < 4.78 is 28.1. The summed E-state index contributed by atoms with van der Waals surface area (Å²) in [5.74, 6) is 1.82. The number of esters is 1. The number of carbonyl (C=O) groups is 2. The second-order valence-electron chi connectivity index (χ2n) is 14.0. The number of hydrogen-bond donors (Lipinski definition) is 2. The zero-order valence-electron chi connectivity index (χ0n) is 27.1. The minimum absolute atomic E-state index is 0.0781. The van der Waals surface area contributed by atoms with Gasteiger partial charge in [0.05, 0.1) is 30.4 Å². The predicted octanol–water partition coefficient (Wildman–Crippen LogP) is 5.93. The maximum Gasteiger partial charge on any atom is 0.340 e. The van der Waals surface area contributed by atoms with Gasteiger partial charge >= 0.3 is 5.97 Å². The highest BCUT2D eigenvalue weighted by atomic mass is 32.2. The first-order chi connectivity index (χ1) is 21.2. The first-order valence-corrected chi connectivity index (χ1v) is 17.0. The van der Waals surface area contributed by atoms with Crippen molar-refractivity contribution in [3.8, 4) is 5.75 Å². The Labute approximate surface area is 268 Å². The molecule has 2 N–H and O–H groups in total. The van der Waals surface area contributed by atoms with Crippen LogP contribution in [0.15, 0.2) is 36.5 Å². The Bertz CT molecular complexity index is 1630. The fourth-order valence-electron chi connectivity index (χ4n) is 5.73. The monoisotopic (exact) mass is 633 g/mol. The number of cyclic esters (lactones) is 1. The molecule has 3 aliphatic rings. The van der Waals surface area contributed by atoms with Crippen LogP contribution in [0.1, 0.15) is 101 Å². The number of benzene rings is 1. The summed E-state index contributed by atoms with van der Waals surface area (Å²) in [6.45, 7) is 14.9. The highest BCUT2D eigenvalue weighted by Gasteiger charge is 2.41. The van der Waals surface area contributed by atoms with E-state index in [1.807, 2.05) is 64.6 Å². The first kappa shape index (κ1) is 31.6. The third-order valence-corrected chi connectivity index (χ3v) is 10.7. The maximum atomic E-state index is 13.1. The average molecular weight is 634 g/mol. The van der Waals surface area contributed by atoms with Crippen molar-refractivity contribution in [2.24, 2.45) is 5.92 Å². The quantitative estimate of drug-likeness (QED) is 0.218. The molecule has 1 aliphatic carbocycles. The summed E-state index contributed by atoms with van der Waals surface area (Å²) in [6, 6.07) is 9.27. The number of nitrogens with zero attached hydrogens (tertiary/aromatic N) is 3. The van der Waals surface area contributed by atoms with Crippen LogP contribution < -0.4 is 14.8 Å². The number of carbonyl (C=O) groups excluding carboxylic acids is 2. The van der Waals surface area contributed by atoms with E-state index < -0.39 is 21.7 Å². The molecule has 2 aromatic heterocycles. The third kappa shape index (κ3) is 6.35. The third-order valence-electron chi connectivity index (χ3n) is 9.07. The van der Waals surface area contributed by atoms with E-state index in [4.69, 9.17) is 19.4 Å². The number of amides is 1. The van der Waals surface area contributed by atoms with Crippen LogP contribution in [0.3, 0.4) is 0 Å². The second-order valence-corrected chi connectivity index (χ2v) is 16.0. The summed E-state index contributed by atoms with van der Waals surface area (Å²) in [6.07, 6.45) is 4.42. The molecule has 2 aliphatic heterocycles. The van der Waals surface area contributed by atoms with Gasteiger partial charge < -0.3 is 24.2 Å². The Morgan fingerprint density at radius 2 is 1.91 bits per heavy atom. The number of aromatic nitrogens is 2. The van der Waals surface area contributed by atoms with Crippen LogP contribution in [-0.4, -0.2) is 60.8 Å². The number of fused-ring (bicyclic) bond motifs is 2. The summed E-state index contributed by atoms with van der Waals surface area (Å²) in [7, 11) is 0. The van der Waals surface area contributed by atoms with Crippen molar-refractivity contribution in [2.45, 2.75) is 96.1 Å². The molecule has 2 fully saturated rings. The van der Waals surface area contributed by atoms with E-state index in [1.165, 1.54) is 0 Å². The molecular weight excluding hydrogens is 590 g/mol. The van der Waals surface area contributed by atoms with Crippen LogP contribution in [0.2, 0.25) is 0 Å². The Hall–Kier alpha value is -3.41. The van der Waals surface area contributed by atoms with Gasteiger partial charge in [0.2, 0.25) is 5.91 Å². The molecule has 0 radical (unpaired) electrons. The van der Waals surface area contributed by atoms with Gasteiger partial charge in [-0.1, -0.05) is 19.9 Å². The largest absolute Gasteiger partial charge is 0.598 e. The topological polar surface area (TPSA) is 129 Å². The van der Waals surface area contributed by atoms with Crippen LogP contribution in [-0.2, 0) is 20.9 Å². The minimum Gasteiger partial charge on any atom is -0.598 e. The highest BCUT2D eigenvalue weighted by molar-refractivity contribution is 7.90. The van der Waals surface area contributed by atoms with Crippen molar-refractivity contribution in [3.63, 3.8) is 0 Å². The number of pyridine rings is 2. The molecule has 6 rings (SSSR count). The predicted molar refractivity (Wildman–Crippen MR) is 175 cm³/mol. The zero-order valence-corrected chi connectivity index (χ0v) is 27.9. The lowest BCUT2D eigenvalue weighted by Crippen LogP contribution is -2.56. The number of anilines is 2. The Balaban J connectivity index is 1.32. The van der Waals surface area contributed by atoms with Crippen molar-refractivity contribution >= 4 is 45.6 Å². The van der Waals surface area contributed by atoms with E-state index in [2.05, 4.69) is 17.0 Å². The van der Waals surface area contributed by atoms with Crippen LogP contribution in [0, 0.1) is 5.92 Å². The smallest absolute Gasteiger partial charge is 0.340 e. The van der Waals surface area contributed by atoms with E-state index in [0.29, 0.717) is 41.7 Å². The van der Waals surface area contributed by atoms with Crippen molar-refractivity contribution in [1.82, 2.24) is 19.6 Å². The van der Waals surface area contributed by atoms with Crippen LogP contribution in [0.5, 0.6) is 5.75 Å². The molecule has 3 atom stereocenters. The Kier molecular flexibility index (Phi) is 8.24. The zero-order chi connectivity index (χ0) is 32.3. The number of ether oxygens (including phenoxy) is 2. The normalized spacial score (nSPS) is 21.0. The number of likely N-dealkylation sites (tertiary alicyclic amines) is 1. The lowest BCUT2D eigenvalue weighted by Gasteiger charge is -2.39. The van der Waals surface area contributed by atoms with Crippen LogP contribution in [0.25, 0.3) is 10.8 Å². The fraction of sp³-hybridized carbons (Fsp3) is 0.529. The molecule has 10 nitrogen and oxygen atoms in total. The molecule has 1 amide bonds. The fourth-order valence-corrected chi connectivity index (χ4v) is 6.64. The molecule has 3 aromatic rings. The molecule has 0 spiro atoms. The number of hydrogen-bond acceptors (Lipinski definition) is 9. The van der Waals surface area contributed by atoms with Gasteiger partial charge in [-0.2, -0.15) is 0 Å². The molecule has 11 heteroatoms. The van der Waals surface area contributed by atoms with Crippen molar-refractivity contribution in [3.05, 3.63) is 53.3 Å². The second kappa shape index (κ2) is 11.7. The van der Waals surface area contributed by atoms with Crippen molar-refractivity contribution in [1.29, 1.82) is 0 Å². The average Bonchev–Trinajstić information content (AvgIpc) is 3.81. The SMILES string of the molecule is CC[C@H](N[S+]([O-])C(C)(C)C)c1ccc(OC2CN(C(=O)C3CC3)C2)c2cnc(Nc3ccc4c(n3)[C@@H](C)C(C)(C)OC4=O)cc12. The molecule has 240 valence electrons. The Morgan fingerprint density at radius 1 is 1.18 bits per heavy atom. The van der Waals surface area contributed by atoms with Crippen molar-refractivity contribution < 1.29 is 23.6 Å². The lowest BCUT2D eigenvalue weighted by molar-refractivity contribution is -0.141. The number of nitrogens with one attached hydrogen (secondary N) is 2. The van der Waals surface area contributed by atoms with Gasteiger partial charge in [0.25, 0.3) is 0 Å². The molecule has 1 unspecified atom stereocenters. The molecule has 1 saturated heterocycles. The Morgan fingerprint density at radius 3 is 2.58 bits per heavy atom. The van der Waals surface area contributed by atoms with Gasteiger partial charge in [-0.25, -0.2) is 14.8 Å². The van der Waals surface area contributed by atoms with Crippen LogP contribution >= 0.6 is 0 Å². The summed E-state index contributed by atoms with van der Waals surface area (Å²) in [5, 5.41) is 5.09. The van der Waals surface area contributed by atoms with Crippen LogP contribution in [0.4, 0.5) is 11.6 Å². The summed E-state index contributed by atoms with van der Waals surface area (Å²) in [4.78, 5) is 36.4. The molecule has 1 aromatic carbocycles. The molecule has 0 bridgehead atoms.